The molecule has 2 rings (SSSR count). The smallest absolute Gasteiger partial charge is 0.210 e. The highest BCUT2D eigenvalue weighted by atomic mass is 32.2. The van der Waals surface area contributed by atoms with Gasteiger partial charge in [-0.15, -0.1) is 0 Å². The fourth-order valence-corrected chi connectivity index (χ4v) is 2.22. The lowest BCUT2D eigenvalue weighted by atomic mass is 10.4. The van der Waals surface area contributed by atoms with Gasteiger partial charge in [-0.05, 0) is 12.1 Å². The molecule has 14 heavy (non-hydrogen) atoms. The molecule has 5 heteroatoms. The van der Waals surface area contributed by atoms with E-state index >= 15 is 0 Å². The van der Waals surface area contributed by atoms with Crippen molar-refractivity contribution in [2.45, 2.75) is 9.79 Å². The van der Waals surface area contributed by atoms with Gasteiger partial charge < -0.3 is 0 Å². The summed E-state index contributed by atoms with van der Waals surface area (Å²) in [5, 5.41) is 5.91. The van der Waals surface area contributed by atoms with Crippen molar-refractivity contribution in [3.05, 3.63) is 42.7 Å². The van der Waals surface area contributed by atoms with Gasteiger partial charge in [0.15, 0.2) is 0 Å². The van der Waals surface area contributed by atoms with Gasteiger partial charge >= 0.3 is 0 Å². The van der Waals surface area contributed by atoms with E-state index in [1.807, 2.05) is 0 Å². The van der Waals surface area contributed by atoms with Crippen LogP contribution < -0.4 is 0 Å². The van der Waals surface area contributed by atoms with Gasteiger partial charge in [-0.25, -0.2) is 8.42 Å². The highest BCUT2D eigenvalue weighted by Crippen LogP contribution is 2.17. The number of hydrogen-bond acceptors (Lipinski definition) is 3. The lowest BCUT2D eigenvalue weighted by Gasteiger charge is -1.99. The maximum atomic E-state index is 11.8. The van der Waals surface area contributed by atoms with Crippen molar-refractivity contribution in [3.63, 3.8) is 0 Å². The third kappa shape index (κ3) is 1.42. The summed E-state index contributed by atoms with van der Waals surface area (Å²) in [5.74, 6) is 0. The molecule has 1 aromatic carbocycles. The summed E-state index contributed by atoms with van der Waals surface area (Å²) < 4.78 is 23.6. The molecule has 4 nitrogen and oxygen atoms in total. The molecule has 0 unspecified atom stereocenters. The summed E-state index contributed by atoms with van der Waals surface area (Å²) in [6.45, 7) is 0. The van der Waals surface area contributed by atoms with Crippen molar-refractivity contribution < 1.29 is 8.42 Å². The van der Waals surface area contributed by atoms with Crippen molar-refractivity contribution in [2.75, 3.05) is 0 Å². The Balaban J connectivity index is 2.55. The van der Waals surface area contributed by atoms with E-state index < -0.39 is 9.84 Å². The second-order valence-corrected chi connectivity index (χ2v) is 4.60. The van der Waals surface area contributed by atoms with Crippen molar-refractivity contribution >= 4 is 9.84 Å². The zero-order valence-corrected chi connectivity index (χ0v) is 7.95. The molecule has 1 radical (unpaired) electrons. The molecule has 0 spiro atoms. The average Bonchev–Trinajstić information content (AvgIpc) is 2.72. The Hall–Kier alpha value is -1.62. The monoisotopic (exact) mass is 207 g/mol. The summed E-state index contributed by atoms with van der Waals surface area (Å²) in [6, 6.07) is 8.18. The summed E-state index contributed by atoms with van der Waals surface area (Å²) in [4.78, 5) is 0.307. The van der Waals surface area contributed by atoms with Gasteiger partial charge in [-0.1, -0.05) is 18.2 Å². The number of hydrogen-bond donors (Lipinski definition) is 1. The Labute approximate surface area is 81.5 Å². The summed E-state index contributed by atoms with van der Waals surface area (Å²) >= 11 is 0. The van der Waals surface area contributed by atoms with Crippen LogP contribution in [-0.2, 0) is 9.84 Å². The van der Waals surface area contributed by atoms with Crippen molar-refractivity contribution in [3.8, 4) is 0 Å². The third-order valence-electron chi connectivity index (χ3n) is 1.77. The average molecular weight is 207 g/mol. The molecule has 1 N–H and O–H groups in total. The first-order valence-corrected chi connectivity index (χ1v) is 5.41. The molecule has 0 saturated carbocycles. The Morgan fingerprint density at radius 3 is 2.50 bits per heavy atom. The molecule has 0 atom stereocenters. The van der Waals surface area contributed by atoms with Crippen LogP contribution in [-0.4, -0.2) is 18.6 Å². The van der Waals surface area contributed by atoms with E-state index in [-0.39, 0.29) is 9.79 Å². The molecule has 0 bridgehead atoms. The van der Waals surface area contributed by atoms with Crippen LogP contribution in [0.15, 0.2) is 46.3 Å². The van der Waals surface area contributed by atoms with E-state index in [4.69, 9.17) is 0 Å². The minimum absolute atomic E-state index is 0.0590. The molecule has 0 aliphatic heterocycles. The van der Waals surface area contributed by atoms with Crippen molar-refractivity contribution in [2.24, 2.45) is 0 Å². The van der Waals surface area contributed by atoms with Crippen molar-refractivity contribution in [1.29, 1.82) is 0 Å². The minimum Gasteiger partial charge on any atom is -0.284 e. The largest absolute Gasteiger partial charge is 0.284 e. The second-order valence-electron chi connectivity index (χ2n) is 2.68. The van der Waals surface area contributed by atoms with Crippen LogP contribution >= 0.6 is 0 Å². The van der Waals surface area contributed by atoms with Crippen LogP contribution in [0.5, 0.6) is 0 Å². The van der Waals surface area contributed by atoms with Crippen molar-refractivity contribution in [1.82, 2.24) is 10.2 Å². The highest BCUT2D eigenvalue weighted by molar-refractivity contribution is 7.91. The van der Waals surface area contributed by atoms with Gasteiger partial charge in [0.25, 0.3) is 0 Å². The standard InChI is InChI=1S/C9H7N2O2S/c12-14(13,9-6-10-11-7-9)8-4-2-1-3-5-8/h1-6H,(H,10,11). The maximum absolute atomic E-state index is 11.8. The summed E-state index contributed by atoms with van der Waals surface area (Å²) in [5.41, 5.74) is 0. The fraction of sp³-hybridized carbons (Fsp3) is 0. The number of aromatic nitrogens is 2. The molecular weight excluding hydrogens is 200 g/mol. The topological polar surface area (TPSA) is 62.8 Å². The number of benzene rings is 1. The molecule has 1 heterocycles. The van der Waals surface area contributed by atoms with Crippen LogP contribution in [0, 0.1) is 6.20 Å². The number of nitrogens with one attached hydrogen (secondary N) is 1. The highest BCUT2D eigenvalue weighted by Gasteiger charge is 2.17. The summed E-state index contributed by atoms with van der Waals surface area (Å²) in [6.07, 6.45) is 3.69. The van der Waals surface area contributed by atoms with Crippen LogP contribution in [0.1, 0.15) is 0 Å². The molecule has 0 aliphatic rings. The first kappa shape index (κ1) is 8.96. The Bertz CT molecular complexity index is 503. The third-order valence-corrected chi connectivity index (χ3v) is 3.45. The van der Waals surface area contributed by atoms with E-state index in [2.05, 4.69) is 16.4 Å². The lowest BCUT2D eigenvalue weighted by Crippen LogP contribution is -1.99. The van der Waals surface area contributed by atoms with Gasteiger partial charge in [0.2, 0.25) is 9.84 Å². The predicted molar refractivity (Wildman–Crippen MR) is 49.3 cm³/mol. The zero-order valence-electron chi connectivity index (χ0n) is 7.14. The number of nitrogens with zero attached hydrogens (tertiary/aromatic N) is 1. The minimum atomic E-state index is -3.44. The van der Waals surface area contributed by atoms with Gasteiger partial charge in [0.05, 0.1) is 4.90 Å². The number of sulfone groups is 1. The first-order valence-electron chi connectivity index (χ1n) is 3.93. The Morgan fingerprint density at radius 1 is 1.21 bits per heavy atom. The first-order chi connectivity index (χ1) is 6.71. The predicted octanol–water partition coefficient (Wildman–Crippen LogP) is 1.04. The van der Waals surface area contributed by atoms with E-state index in [9.17, 15) is 8.42 Å². The molecule has 0 amide bonds. The van der Waals surface area contributed by atoms with E-state index in [0.29, 0.717) is 0 Å². The number of H-pyrrole nitrogens is 1. The van der Waals surface area contributed by atoms with E-state index in [0.717, 1.165) is 0 Å². The van der Waals surface area contributed by atoms with Crippen LogP contribution in [0.25, 0.3) is 0 Å². The molecule has 0 saturated heterocycles. The quantitative estimate of drug-likeness (QED) is 0.800. The van der Waals surface area contributed by atoms with E-state index in [1.54, 1.807) is 18.2 Å². The molecule has 0 aliphatic carbocycles. The zero-order chi connectivity index (χ0) is 10.0. The normalized spacial score (nSPS) is 11.4. The van der Waals surface area contributed by atoms with Gasteiger partial charge in [0, 0.05) is 6.20 Å². The fourth-order valence-electron chi connectivity index (χ4n) is 1.07. The molecule has 2 aromatic rings. The van der Waals surface area contributed by atoms with Crippen LogP contribution in [0.2, 0.25) is 0 Å². The SMILES string of the molecule is O=S(=O)(c1[c]n[nH]c1)c1ccccc1. The molecule has 1 aromatic heterocycles. The van der Waals surface area contributed by atoms with Crippen LogP contribution in [0.3, 0.4) is 0 Å². The number of aromatic amines is 1. The van der Waals surface area contributed by atoms with Gasteiger partial charge in [-0.3, -0.25) is 5.10 Å². The Kier molecular flexibility index (Phi) is 2.09. The lowest BCUT2D eigenvalue weighted by molar-refractivity contribution is 0.596. The molecule has 0 fully saturated rings. The molecule has 71 valence electrons. The van der Waals surface area contributed by atoms with Gasteiger partial charge in [0.1, 0.15) is 11.1 Å². The Morgan fingerprint density at radius 2 is 1.93 bits per heavy atom. The van der Waals surface area contributed by atoms with E-state index in [1.165, 1.54) is 18.3 Å². The number of rotatable bonds is 2. The summed E-state index contributed by atoms with van der Waals surface area (Å²) in [7, 11) is -3.44. The van der Waals surface area contributed by atoms with Gasteiger partial charge in [-0.2, -0.15) is 5.10 Å². The molecular formula is C9H7N2O2S. The van der Waals surface area contributed by atoms with Crippen LogP contribution in [0.4, 0.5) is 0 Å². The second kappa shape index (κ2) is 3.26. The maximum Gasteiger partial charge on any atom is 0.210 e.